The van der Waals surface area contributed by atoms with Crippen molar-refractivity contribution in [2.75, 3.05) is 5.32 Å². The number of nitrogens with zero attached hydrogens (tertiary/aromatic N) is 3. The number of fused-ring (bicyclic) bond motifs is 2. The van der Waals surface area contributed by atoms with E-state index in [-0.39, 0.29) is 11.7 Å². The van der Waals surface area contributed by atoms with Crippen LogP contribution in [0.1, 0.15) is 42.0 Å². The van der Waals surface area contributed by atoms with Gasteiger partial charge in [-0.15, -0.1) is 0 Å². The van der Waals surface area contributed by atoms with E-state index >= 15 is 0 Å². The van der Waals surface area contributed by atoms with Crippen molar-refractivity contribution in [3.05, 3.63) is 106 Å². The van der Waals surface area contributed by atoms with E-state index in [2.05, 4.69) is 17.4 Å². The Balaban J connectivity index is 1.36. The maximum absolute atomic E-state index is 13.4. The summed E-state index contributed by atoms with van der Waals surface area (Å²) in [7, 11) is 0. The van der Waals surface area contributed by atoms with Gasteiger partial charge in [0.1, 0.15) is 17.3 Å². The molecule has 1 N–H and O–H groups in total. The van der Waals surface area contributed by atoms with Crippen LogP contribution in [-0.4, -0.2) is 20.5 Å². The molecule has 1 unspecified atom stereocenters. The van der Waals surface area contributed by atoms with E-state index in [9.17, 15) is 4.79 Å². The average Bonchev–Trinajstić information content (AvgIpc) is 3.50. The number of carbonyl (C=O) groups is 1. The number of halogens is 1. The Labute approximate surface area is 228 Å². The number of carbonyl (C=O) groups excluding carboxylic acids is 1. The molecule has 0 bridgehead atoms. The van der Waals surface area contributed by atoms with Crippen LogP contribution in [0.5, 0.6) is 11.5 Å². The highest BCUT2D eigenvalue weighted by Gasteiger charge is 2.39. The summed E-state index contributed by atoms with van der Waals surface area (Å²) in [4.78, 5) is 18.2. The van der Waals surface area contributed by atoms with Gasteiger partial charge in [0.2, 0.25) is 5.13 Å². The first-order chi connectivity index (χ1) is 18.5. The molecule has 1 aliphatic heterocycles. The first kappa shape index (κ1) is 23.2. The Hall–Kier alpha value is -3.94. The highest BCUT2D eigenvalue weighted by molar-refractivity contribution is 7.20. The molecule has 6 nitrogen and oxygen atoms in total. The second-order valence-electron chi connectivity index (χ2n) is 9.58. The van der Waals surface area contributed by atoms with Crippen LogP contribution < -0.4 is 10.1 Å². The second kappa shape index (κ2) is 9.11. The number of nitrogens with one attached hydrogen (secondary N) is 1. The number of ether oxygens (including phenoxy) is 1. The van der Waals surface area contributed by atoms with Gasteiger partial charge in [0, 0.05) is 34.2 Å². The lowest BCUT2D eigenvalue weighted by Gasteiger charge is -2.32. The highest BCUT2D eigenvalue weighted by atomic mass is 35.5. The number of Topliss-reactive ketones (excluding diaryl/α,β-unsaturated/α-hetero) is 1. The zero-order chi connectivity index (χ0) is 25.8. The SMILES string of the molecule is Cc1nn(-c2nc3ccccc3s2)c2c1C(c1cccc(Oc3ccc(Cl)cc3)c1)C1=C(CCCC1=O)N2. The molecule has 0 amide bonds. The predicted molar refractivity (Wildman–Crippen MR) is 151 cm³/mol. The van der Waals surface area contributed by atoms with Gasteiger partial charge < -0.3 is 10.1 Å². The third-order valence-electron chi connectivity index (χ3n) is 7.11. The quantitative estimate of drug-likeness (QED) is 0.253. The summed E-state index contributed by atoms with van der Waals surface area (Å²) in [5.41, 5.74) is 5.62. The Morgan fingerprint density at radius 1 is 1.03 bits per heavy atom. The van der Waals surface area contributed by atoms with Gasteiger partial charge in [0.25, 0.3) is 0 Å². The van der Waals surface area contributed by atoms with Gasteiger partial charge >= 0.3 is 0 Å². The predicted octanol–water partition coefficient (Wildman–Crippen LogP) is 7.80. The maximum atomic E-state index is 13.4. The zero-order valence-corrected chi connectivity index (χ0v) is 22.1. The molecule has 2 aliphatic rings. The molecular weight excluding hydrogens is 516 g/mol. The lowest BCUT2D eigenvalue weighted by Crippen LogP contribution is -2.27. The lowest BCUT2D eigenvalue weighted by molar-refractivity contribution is -0.116. The normalized spacial score (nSPS) is 16.8. The molecular formula is C30H23ClN4O2S. The molecule has 2 aromatic heterocycles. The molecule has 0 saturated heterocycles. The fourth-order valence-corrected chi connectivity index (χ4v) is 6.49. The number of thiazole rings is 1. The highest BCUT2D eigenvalue weighted by Crippen LogP contribution is 2.48. The summed E-state index contributed by atoms with van der Waals surface area (Å²) >= 11 is 7.65. The minimum absolute atomic E-state index is 0.186. The van der Waals surface area contributed by atoms with Crippen molar-refractivity contribution in [1.82, 2.24) is 14.8 Å². The van der Waals surface area contributed by atoms with Crippen molar-refractivity contribution >= 4 is 44.8 Å². The first-order valence-corrected chi connectivity index (χ1v) is 13.8. The van der Waals surface area contributed by atoms with Gasteiger partial charge in [-0.2, -0.15) is 9.78 Å². The lowest BCUT2D eigenvalue weighted by atomic mass is 9.76. The van der Waals surface area contributed by atoms with Crippen LogP contribution in [-0.2, 0) is 4.79 Å². The molecule has 3 aromatic carbocycles. The average molecular weight is 539 g/mol. The molecule has 0 radical (unpaired) electrons. The van der Waals surface area contributed by atoms with E-state index in [1.54, 1.807) is 23.5 Å². The largest absolute Gasteiger partial charge is 0.457 e. The van der Waals surface area contributed by atoms with Gasteiger partial charge in [-0.3, -0.25) is 4.79 Å². The smallest absolute Gasteiger partial charge is 0.213 e. The molecule has 0 saturated carbocycles. The van der Waals surface area contributed by atoms with Crippen LogP contribution in [0.4, 0.5) is 5.82 Å². The van der Waals surface area contributed by atoms with Gasteiger partial charge in [-0.1, -0.05) is 47.2 Å². The number of ketones is 1. The third-order valence-corrected chi connectivity index (χ3v) is 8.38. The first-order valence-electron chi connectivity index (χ1n) is 12.6. The Morgan fingerprint density at radius 2 is 1.87 bits per heavy atom. The molecule has 188 valence electrons. The Bertz CT molecular complexity index is 1720. The van der Waals surface area contributed by atoms with Crippen LogP contribution in [0.3, 0.4) is 0 Å². The van der Waals surface area contributed by atoms with Crippen LogP contribution in [0.15, 0.2) is 84.1 Å². The Kier molecular flexibility index (Phi) is 5.56. The Morgan fingerprint density at radius 3 is 2.71 bits per heavy atom. The molecule has 3 heterocycles. The van der Waals surface area contributed by atoms with E-state index < -0.39 is 0 Å². The molecule has 1 atom stereocenters. The number of aryl methyl sites for hydroxylation is 1. The van der Waals surface area contributed by atoms with Crippen molar-refractivity contribution in [2.45, 2.75) is 32.1 Å². The molecule has 1 aliphatic carbocycles. The molecule has 7 rings (SSSR count). The minimum Gasteiger partial charge on any atom is -0.457 e. The summed E-state index contributed by atoms with van der Waals surface area (Å²) in [6.07, 6.45) is 2.21. The van der Waals surface area contributed by atoms with Gasteiger partial charge in [0.05, 0.1) is 15.9 Å². The van der Waals surface area contributed by atoms with E-state index in [0.717, 1.165) is 62.1 Å². The van der Waals surface area contributed by atoms with Crippen LogP contribution in [0.25, 0.3) is 15.3 Å². The van der Waals surface area contributed by atoms with Crippen LogP contribution >= 0.6 is 22.9 Å². The standard InChI is InChI=1S/C30H23ClN4O2S/c1-17-26-27(18-6-4-7-21(16-18)37-20-14-12-19(31)13-15-20)28-23(9-5-10-24(28)36)32-29(26)35(34-17)30-33-22-8-2-3-11-25(22)38-30/h2-4,6-8,11-16,27,32H,5,9-10H2,1H3. The fraction of sp³-hybridized carbons (Fsp3) is 0.167. The minimum atomic E-state index is -0.244. The monoisotopic (exact) mass is 538 g/mol. The van der Waals surface area contributed by atoms with E-state index in [1.807, 2.05) is 60.1 Å². The summed E-state index contributed by atoms with van der Waals surface area (Å²) in [6, 6.07) is 23.4. The van der Waals surface area contributed by atoms with Crippen molar-refractivity contribution < 1.29 is 9.53 Å². The molecule has 8 heteroatoms. The van der Waals surface area contributed by atoms with Crippen molar-refractivity contribution in [3.63, 3.8) is 0 Å². The fourth-order valence-electron chi connectivity index (χ4n) is 5.44. The number of rotatable bonds is 4. The number of anilines is 1. The number of benzene rings is 3. The van der Waals surface area contributed by atoms with Crippen molar-refractivity contribution in [1.29, 1.82) is 0 Å². The van der Waals surface area contributed by atoms with Crippen molar-refractivity contribution in [2.24, 2.45) is 0 Å². The molecule has 0 spiro atoms. The summed E-state index contributed by atoms with van der Waals surface area (Å²) in [5.74, 6) is 2.22. The van der Waals surface area contributed by atoms with E-state index in [0.29, 0.717) is 22.9 Å². The topological polar surface area (TPSA) is 69.0 Å². The number of aromatic nitrogens is 3. The summed E-state index contributed by atoms with van der Waals surface area (Å²) in [5, 5.41) is 9.99. The van der Waals surface area contributed by atoms with Gasteiger partial charge in [0.15, 0.2) is 5.78 Å². The zero-order valence-electron chi connectivity index (χ0n) is 20.6. The molecule has 0 fully saturated rings. The summed E-state index contributed by atoms with van der Waals surface area (Å²) < 4.78 is 9.16. The number of hydrogen-bond donors (Lipinski definition) is 1. The van der Waals surface area contributed by atoms with E-state index in [1.165, 1.54) is 0 Å². The second-order valence-corrected chi connectivity index (χ2v) is 11.0. The third kappa shape index (κ3) is 3.90. The number of hydrogen-bond acceptors (Lipinski definition) is 6. The number of allylic oxidation sites excluding steroid dienone is 2. The number of para-hydroxylation sites is 1. The molecule has 5 aromatic rings. The van der Waals surface area contributed by atoms with Gasteiger partial charge in [-0.25, -0.2) is 4.98 Å². The van der Waals surface area contributed by atoms with Crippen molar-refractivity contribution in [3.8, 4) is 16.6 Å². The van der Waals surface area contributed by atoms with Gasteiger partial charge in [-0.05, 0) is 73.9 Å². The van der Waals surface area contributed by atoms with Crippen LogP contribution in [0.2, 0.25) is 5.02 Å². The maximum Gasteiger partial charge on any atom is 0.213 e. The summed E-state index contributed by atoms with van der Waals surface area (Å²) in [6.45, 7) is 2.00. The van der Waals surface area contributed by atoms with E-state index in [4.69, 9.17) is 26.4 Å². The molecule has 38 heavy (non-hydrogen) atoms. The van der Waals surface area contributed by atoms with Crippen LogP contribution in [0, 0.1) is 6.92 Å².